The summed E-state index contributed by atoms with van der Waals surface area (Å²) < 4.78 is 24.1. The predicted octanol–water partition coefficient (Wildman–Crippen LogP) is 5.36. The Bertz CT molecular complexity index is 1700. The lowest BCUT2D eigenvalue weighted by molar-refractivity contribution is -0.229. The first-order valence-electron chi connectivity index (χ1n) is 19.6. The first-order chi connectivity index (χ1) is 23.9. The molecule has 1 aromatic carbocycles. The molecule has 1 aliphatic heterocycles. The molecule has 1 saturated heterocycles. The third kappa shape index (κ3) is 5.42. The molecule has 5 N–H and O–H groups in total. The molecule has 1 heterocycles. The Hall–Kier alpha value is -2.27. The normalized spacial score (nSPS) is 42.8. The Kier molecular flexibility index (Phi) is 9.00. The van der Waals surface area contributed by atoms with Crippen LogP contribution >= 0.6 is 0 Å². The number of amides is 1. The smallest absolute Gasteiger partial charge is 0.335 e. The third-order valence-corrected chi connectivity index (χ3v) is 18.3. The van der Waals surface area contributed by atoms with Crippen LogP contribution in [0.15, 0.2) is 30.3 Å². The van der Waals surface area contributed by atoms with Crippen LogP contribution in [-0.4, -0.2) is 86.1 Å². The Morgan fingerprint density at radius 1 is 0.922 bits per heavy atom. The molecule has 0 spiro atoms. The standard InChI is InChI=1S/C41H62N4O5S/c1-36(2)30(27-7-9-28(10-8-27)35(47)48)12-15-37(3)31(36)13-16-38(4)32(37)14-18-41(42)33-29(34(46)43-6)11-17-40(33,20-19-39(38,41)5)44-21-22-45-23-25-51(49,50)26-24-45/h7-10,12,29,31-33,44H,11,13-26,42H2,1-6H3,(H,43,46)(H,47,48)/t29-,31+,32-,33+,37+,38-,39+,40+,41+/m1/s1. The average Bonchev–Trinajstić information content (AvgIpc) is 3.47. The summed E-state index contributed by atoms with van der Waals surface area (Å²) in [7, 11) is -1.16. The summed E-state index contributed by atoms with van der Waals surface area (Å²) in [5, 5.41) is 16.5. The van der Waals surface area contributed by atoms with Gasteiger partial charge >= 0.3 is 5.97 Å². The number of benzene rings is 1. The van der Waals surface area contributed by atoms with E-state index in [-0.39, 0.29) is 56.4 Å². The lowest BCUT2D eigenvalue weighted by Crippen LogP contribution is -2.79. The molecule has 10 heteroatoms. The van der Waals surface area contributed by atoms with Gasteiger partial charge in [0.2, 0.25) is 5.91 Å². The van der Waals surface area contributed by atoms with E-state index in [2.05, 4.69) is 56.2 Å². The van der Waals surface area contributed by atoms with E-state index >= 15 is 0 Å². The number of carboxylic acid groups (broad SMARTS) is 1. The summed E-state index contributed by atoms with van der Waals surface area (Å²) in [5.74, 6) is 0.552. The van der Waals surface area contributed by atoms with E-state index in [0.29, 0.717) is 30.5 Å². The number of hydrogen-bond donors (Lipinski definition) is 4. The highest BCUT2D eigenvalue weighted by atomic mass is 32.2. The van der Waals surface area contributed by atoms with Gasteiger partial charge in [0.1, 0.15) is 0 Å². The van der Waals surface area contributed by atoms with Gasteiger partial charge in [0.05, 0.1) is 17.1 Å². The van der Waals surface area contributed by atoms with Crippen LogP contribution in [0.4, 0.5) is 0 Å². The number of carboxylic acids is 1. The summed E-state index contributed by atoms with van der Waals surface area (Å²) in [6, 6.07) is 7.44. The van der Waals surface area contributed by atoms with Gasteiger partial charge in [-0.1, -0.05) is 52.8 Å². The van der Waals surface area contributed by atoms with Gasteiger partial charge in [-0.3, -0.25) is 4.79 Å². The molecule has 282 valence electrons. The molecule has 9 nitrogen and oxygen atoms in total. The zero-order valence-corrected chi connectivity index (χ0v) is 32.6. The number of nitrogens with two attached hydrogens (primary N) is 1. The van der Waals surface area contributed by atoms with E-state index in [1.165, 1.54) is 5.57 Å². The molecule has 0 bridgehead atoms. The van der Waals surface area contributed by atoms with Crippen molar-refractivity contribution in [2.24, 2.45) is 51.1 Å². The zero-order valence-electron chi connectivity index (χ0n) is 31.8. The fourth-order valence-electron chi connectivity index (χ4n) is 13.9. The summed E-state index contributed by atoms with van der Waals surface area (Å²) in [5.41, 5.74) is 9.98. The van der Waals surface area contributed by atoms with E-state index in [9.17, 15) is 23.1 Å². The molecule has 1 aromatic rings. The maximum Gasteiger partial charge on any atom is 0.335 e. The molecule has 51 heavy (non-hydrogen) atoms. The maximum absolute atomic E-state index is 13.7. The van der Waals surface area contributed by atoms with Gasteiger partial charge in [-0.15, -0.1) is 0 Å². The van der Waals surface area contributed by atoms with E-state index in [0.717, 1.165) is 76.4 Å². The fourth-order valence-corrected chi connectivity index (χ4v) is 15.2. The number of nitrogens with one attached hydrogen (secondary N) is 2. The number of hydrogen-bond acceptors (Lipinski definition) is 7. The summed E-state index contributed by atoms with van der Waals surface area (Å²) >= 11 is 0. The van der Waals surface area contributed by atoms with Crippen molar-refractivity contribution >= 4 is 27.3 Å². The van der Waals surface area contributed by atoms with Crippen LogP contribution < -0.4 is 16.4 Å². The minimum Gasteiger partial charge on any atom is -0.478 e. The molecule has 9 atom stereocenters. The SMILES string of the molecule is CNC(=O)[C@@H]1CC[C@]2(NCCN3CCS(=O)(=O)CC3)CC[C@@]3(C)[C@]4(C)CC[C@H]5C(C)(C)C(c6ccc(C(=O)O)cc6)=CC[C@]5(C)[C@H]4CC[C@]3(N)[C@@H]12. The second-order valence-electron chi connectivity index (χ2n) is 18.7. The lowest BCUT2D eigenvalue weighted by Gasteiger charge is -2.75. The van der Waals surface area contributed by atoms with Gasteiger partial charge in [-0.25, -0.2) is 13.2 Å². The molecule has 4 saturated carbocycles. The predicted molar refractivity (Wildman–Crippen MR) is 202 cm³/mol. The van der Waals surface area contributed by atoms with Gasteiger partial charge in [-0.05, 0) is 115 Å². The van der Waals surface area contributed by atoms with Crippen molar-refractivity contribution in [3.63, 3.8) is 0 Å². The van der Waals surface area contributed by atoms with E-state index < -0.39 is 21.3 Å². The van der Waals surface area contributed by atoms with Crippen molar-refractivity contribution in [1.29, 1.82) is 0 Å². The van der Waals surface area contributed by atoms with Crippen LogP contribution in [0.2, 0.25) is 0 Å². The number of allylic oxidation sites excluding steroid dienone is 2. The third-order valence-electron chi connectivity index (χ3n) is 16.7. The highest BCUT2D eigenvalue weighted by molar-refractivity contribution is 7.91. The van der Waals surface area contributed by atoms with Gasteiger partial charge in [0.25, 0.3) is 0 Å². The van der Waals surface area contributed by atoms with Crippen LogP contribution in [-0.2, 0) is 14.6 Å². The maximum atomic E-state index is 13.7. The second kappa shape index (κ2) is 12.4. The van der Waals surface area contributed by atoms with Crippen LogP contribution in [0.3, 0.4) is 0 Å². The molecule has 0 unspecified atom stereocenters. The molecular formula is C41H62N4O5S. The molecule has 6 aliphatic rings. The minimum absolute atomic E-state index is 0.0110. The molecular weight excluding hydrogens is 661 g/mol. The van der Waals surface area contributed by atoms with Crippen LogP contribution in [0.5, 0.6) is 0 Å². The van der Waals surface area contributed by atoms with Crippen LogP contribution in [0, 0.1) is 45.3 Å². The number of sulfone groups is 1. The highest BCUT2D eigenvalue weighted by Gasteiger charge is 2.75. The van der Waals surface area contributed by atoms with E-state index in [4.69, 9.17) is 5.73 Å². The number of carbonyl (C=O) groups excluding carboxylic acids is 1. The number of fused-ring (bicyclic) bond motifs is 7. The second-order valence-corrected chi connectivity index (χ2v) is 21.0. The molecule has 1 amide bonds. The van der Waals surface area contributed by atoms with Gasteiger partial charge in [-0.2, -0.15) is 0 Å². The van der Waals surface area contributed by atoms with Gasteiger partial charge < -0.3 is 26.4 Å². The molecule has 5 fully saturated rings. The van der Waals surface area contributed by atoms with Crippen molar-refractivity contribution in [2.45, 2.75) is 103 Å². The molecule has 7 rings (SSSR count). The Morgan fingerprint density at radius 2 is 1.59 bits per heavy atom. The quantitative estimate of drug-likeness (QED) is 0.295. The number of rotatable bonds is 7. The van der Waals surface area contributed by atoms with Crippen molar-refractivity contribution in [3.8, 4) is 0 Å². The monoisotopic (exact) mass is 722 g/mol. The summed E-state index contributed by atoms with van der Waals surface area (Å²) in [6.07, 6.45) is 11.5. The number of carbonyl (C=O) groups is 2. The van der Waals surface area contributed by atoms with Gasteiger partial charge in [0, 0.05) is 56.1 Å². The van der Waals surface area contributed by atoms with Crippen LogP contribution in [0.25, 0.3) is 5.57 Å². The number of aromatic carboxylic acids is 1. The van der Waals surface area contributed by atoms with E-state index in [1.807, 2.05) is 12.1 Å². The molecule has 0 radical (unpaired) electrons. The first-order valence-corrected chi connectivity index (χ1v) is 21.4. The zero-order chi connectivity index (χ0) is 36.8. The molecule has 0 aromatic heterocycles. The minimum atomic E-state index is -2.92. The topological polar surface area (TPSA) is 142 Å². The molecule has 5 aliphatic carbocycles. The first kappa shape index (κ1) is 37.1. The largest absolute Gasteiger partial charge is 0.478 e. The van der Waals surface area contributed by atoms with Crippen molar-refractivity contribution in [3.05, 3.63) is 41.5 Å². The van der Waals surface area contributed by atoms with Crippen molar-refractivity contribution < 1.29 is 23.1 Å². The van der Waals surface area contributed by atoms with Crippen molar-refractivity contribution in [1.82, 2.24) is 15.5 Å². The van der Waals surface area contributed by atoms with Crippen molar-refractivity contribution in [2.75, 3.05) is 44.7 Å². The highest BCUT2D eigenvalue weighted by Crippen LogP contribution is 2.77. The van der Waals surface area contributed by atoms with Gasteiger partial charge in [0.15, 0.2) is 9.84 Å². The average molecular weight is 723 g/mol. The van der Waals surface area contributed by atoms with E-state index in [1.54, 1.807) is 19.2 Å². The summed E-state index contributed by atoms with van der Waals surface area (Å²) in [4.78, 5) is 27.5. The Labute approximate surface area is 305 Å². The Balaban J connectivity index is 1.18. The Morgan fingerprint density at radius 3 is 2.24 bits per heavy atom. The summed E-state index contributed by atoms with van der Waals surface area (Å²) in [6.45, 7) is 15.2. The number of nitrogens with zero attached hydrogens (tertiary/aromatic N) is 1. The lowest BCUT2D eigenvalue weighted by atomic mass is 9.31. The fraction of sp³-hybridized carbons (Fsp3) is 0.756. The van der Waals surface area contributed by atoms with Crippen LogP contribution in [0.1, 0.15) is 108 Å².